The van der Waals surface area contributed by atoms with Crippen LogP contribution in [0.3, 0.4) is 0 Å². The molecule has 2 aromatic rings. The number of pyridine rings is 1. The van der Waals surface area contributed by atoms with Gasteiger partial charge in [-0.2, -0.15) is 5.26 Å². The van der Waals surface area contributed by atoms with Gasteiger partial charge in [0.25, 0.3) is 0 Å². The molecule has 0 radical (unpaired) electrons. The highest BCUT2D eigenvalue weighted by molar-refractivity contribution is 5.50. The molecule has 0 spiro atoms. The molecule has 0 aliphatic rings. The highest BCUT2D eigenvalue weighted by atomic mass is 15.1. The molecule has 0 aliphatic heterocycles. The van der Waals surface area contributed by atoms with Crippen molar-refractivity contribution in [2.24, 2.45) is 0 Å². The number of hydrogen-bond donors (Lipinski definition) is 0. The van der Waals surface area contributed by atoms with Crippen molar-refractivity contribution in [2.75, 3.05) is 18.5 Å². The van der Waals surface area contributed by atoms with E-state index in [-0.39, 0.29) is 0 Å². The molecule has 0 unspecified atom stereocenters. The first-order valence-corrected chi connectivity index (χ1v) is 5.91. The third-order valence-corrected chi connectivity index (χ3v) is 2.85. The van der Waals surface area contributed by atoms with Crippen molar-refractivity contribution in [1.29, 1.82) is 5.26 Å². The summed E-state index contributed by atoms with van der Waals surface area (Å²) in [5.41, 5.74) is 2.84. The fourth-order valence-electron chi connectivity index (χ4n) is 1.77. The van der Waals surface area contributed by atoms with Crippen LogP contribution in [0.15, 0.2) is 48.7 Å². The molecule has 0 saturated carbocycles. The van der Waals surface area contributed by atoms with Gasteiger partial charge in [0.1, 0.15) is 0 Å². The van der Waals surface area contributed by atoms with E-state index in [0.717, 1.165) is 24.3 Å². The maximum absolute atomic E-state index is 8.87. The highest BCUT2D eigenvalue weighted by Gasteiger charge is 2.02. The van der Waals surface area contributed by atoms with E-state index in [9.17, 15) is 0 Å². The number of nitrogens with zero attached hydrogens (tertiary/aromatic N) is 3. The van der Waals surface area contributed by atoms with E-state index in [1.165, 1.54) is 0 Å². The van der Waals surface area contributed by atoms with Crippen LogP contribution in [0.25, 0.3) is 0 Å². The molecule has 0 atom stereocenters. The second kappa shape index (κ2) is 5.83. The van der Waals surface area contributed by atoms with E-state index < -0.39 is 0 Å². The summed E-state index contributed by atoms with van der Waals surface area (Å²) < 4.78 is 0. The smallest absolute Gasteiger partial charge is 0.0992 e. The van der Waals surface area contributed by atoms with Gasteiger partial charge in [-0.15, -0.1) is 0 Å². The number of aromatic nitrogens is 1. The second-order valence-corrected chi connectivity index (χ2v) is 4.15. The van der Waals surface area contributed by atoms with Crippen LogP contribution < -0.4 is 4.90 Å². The Morgan fingerprint density at radius 3 is 2.83 bits per heavy atom. The number of nitriles is 1. The van der Waals surface area contributed by atoms with Crippen LogP contribution in [-0.2, 0) is 6.42 Å². The minimum atomic E-state index is 0.692. The van der Waals surface area contributed by atoms with Gasteiger partial charge in [0.15, 0.2) is 0 Å². The summed E-state index contributed by atoms with van der Waals surface area (Å²) >= 11 is 0. The van der Waals surface area contributed by atoms with Crippen LogP contribution in [0.2, 0.25) is 0 Å². The van der Waals surface area contributed by atoms with Crippen molar-refractivity contribution < 1.29 is 0 Å². The summed E-state index contributed by atoms with van der Waals surface area (Å²) in [6.07, 6.45) is 2.71. The number of hydrogen-bond acceptors (Lipinski definition) is 3. The van der Waals surface area contributed by atoms with Crippen LogP contribution in [-0.4, -0.2) is 18.6 Å². The van der Waals surface area contributed by atoms with Gasteiger partial charge in [0.05, 0.1) is 11.6 Å². The molecule has 0 N–H and O–H groups in total. The van der Waals surface area contributed by atoms with Crippen molar-refractivity contribution in [2.45, 2.75) is 6.42 Å². The fourth-order valence-corrected chi connectivity index (χ4v) is 1.77. The molecule has 0 fully saturated rings. The molecule has 1 heterocycles. The van der Waals surface area contributed by atoms with Gasteiger partial charge in [-0.25, -0.2) is 0 Å². The molecule has 2 rings (SSSR count). The molecule has 0 saturated heterocycles. The van der Waals surface area contributed by atoms with E-state index in [0.29, 0.717) is 5.56 Å². The Kier molecular flexibility index (Phi) is 3.93. The summed E-state index contributed by atoms with van der Waals surface area (Å²) in [6.45, 7) is 0.881. The Labute approximate surface area is 107 Å². The zero-order chi connectivity index (χ0) is 12.8. The molecule has 3 heteroatoms. The fraction of sp³-hybridized carbons (Fsp3) is 0.200. The van der Waals surface area contributed by atoms with E-state index in [1.54, 1.807) is 0 Å². The van der Waals surface area contributed by atoms with E-state index >= 15 is 0 Å². The minimum absolute atomic E-state index is 0.692. The monoisotopic (exact) mass is 237 g/mol. The average molecular weight is 237 g/mol. The standard InChI is InChI=1S/C15H15N3/c1-18(10-8-14-6-2-3-9-17-14)15-7-4-5-13(11-15)12-16/h2-7,9,11H,8,10H2,1H3. The lowest BCUT2D eigenvalue weighted by atomic mass is 10.2. The summed E-state index contributed by atoms with van der Waals surface area (Å²) in [7, 11) is 2.03. The van der Waals surface area contributed by atoms with E-state index in [4.69, 9.17) is 5.26 Å². The Morgan fingerprint density at radius 1 is 1.22 bits per heavy atom. The van der Waals surface area contributed by atoms with Crippen molar-refractivity contribution in [3.8, 4) is 6.07 Å². The maximum atomic E-state index is 8.87. The lowest BCUT2D eigenvalue weighted by Gasteiger charge is -2.19. The normalized spacial score (nSPS) is 9.78. The lowest BCUT2D eigenvalue weighted by Crippen LogP contribution is -2.20. The van der Waals surface area contributed by atoms with Gasteiger partial charge >= 0.3 is 0 Å². The maximum Gasteiger partial charge on any atom is 0.0992 e. The highest BCUT2D eigenvalue weighted by Crippen LogP contribution is 2.14. The van der Waals surface area contributed by atoms with E-state index in [2.05, 4.69) is 16.0 Å². The molecule has 1 aromatic heterocycles. The Bertz CT molecular complexity index is 543. The van der Waals surface area contributed by atoms with Crippen molar-refractivity contribution in [3.63, 3.8) is 0 Å². The topological polar surface area (TPSA) is 39.9 Å². The first-order chi connectivity index (χ1) is 8.79. The zero-order valence-electron chi connectivity index (χ0n) is 10.4. The largest absolute Gasteiger partial charge is 0.374 e. The quantitative estimate of drug-likeness (QED) is 0.820. The van der Waals surface area contributed by atoms with Crippen LogP contribution in [0.5, 0.6) is 0 Å². The average Bonchev–Trinajstić information content (AvgIpc) is 2.46. The SMILES string of the molecule is CN(CCc1ccccn1)c1cccc(C#N)c1. The number of benzene rings is 1. The molecule has 0 amide bonds. The predicted octanol–water partition coefficient (Wildman–Crippen LogP) is 2.63. The van der Waals surface area contributed by atoms with Crippen molar-refractivity contribution >= 4 is 5.69 Å². The number of likely N-dealkylation sites (N-methyl/N-ethyl adjacent to an activating group) is 1. The Balaban J connectivity index is 1.99. The van der Waals surface area contributed by atoms with Crippen LogP contribution in [0.4, 0.5) is 5.69 Å². The van der Waals surface area contributed by atoms with Crippen LogP contribution in [0.1, 0.15) is 11.3 Å². The van der Waals surface area contributed by atoms with Gasteiger partial charge in [0, 0.05) is 37.6 Å². The summed E-state index contributed by atoms with van der Waals surface area (Å²) in [4.78, 5) is 6.43. The number of rotatable bonds is 4. The third kappa shape index (κ3) is 3.08. The van der Waals surface area contributed by atoms with E-state index in [1.807, 2.05) is 55.7 Å². The molecular weight excluding hydrogens is 222 g/mol. The molecule has 3 nitrogen and oxygen atoms in total. The van der Waals surface area contributed by atoms with Crippen molar-refractivity contribution in [3.05, 3.63) is 59.9 Å². The molecular formula is C15H15N3. The molecule has 18 heavy (non-hydrogen) atoms. The summed E-state index contributed by atoms with van der Waals surface area (Å²) in [5, 5.41) is 8.87. The molecule has 90 valence electrons. The van der Waals surface area contributed by atoms with Gasteiger partial charge in [-0.1, -0.05) is 12.1 Å². The second-order valence-electron chi connectivity index (χ2n) is 4.15. The number of anilines is 1. The molecule has 0 bridgehead atoms. The Hall–Kier alpha value is -2.34. The van der Waals surface area contributed by atoms with Crippen molar-refractivity contribution in [1.82, 2.24) is 4.98 Å². The first-order valence-electron chi connectivity index (χ1n) is 5.91. The third-order valence-electron chi connectivity index (χ3n) is 2.85. The van der Waals surface area contributed by atoms with Crippen LogP contribution in [0, 0.1) is 11.3 Å². The first kappa shape index (κ1) is 12.1. The van der Waals surface area contributed by atoms with Gasteiger partial charge in [-0.3, -0.25) is 4.98 Å². The predicted molar refractivity (Wildman–Crippen MR) is 72.4 cm³/mol. The summed E-state index contributed by atoms with van der Waals surface area (Å²) in [6, 6.07) is 15.7. The minimum Gasteiger partial charge on any atom is -0.374 e. The van der Waals surface area contributed by atoms with Gasteiger partial charge < -0.3 is 4.90 Å². The lowest BCUT2D eigenvalue weighted by molar-refractivity contribution is 0.852. The Morgan fingerprint density at radius 2 is 2.11 bits per heavy atom. The van der Waals surface area contributed by atoms with Gasteiger partial charge in [-0.05, 0) is 30.3 Å². The summed E-state index contributed by atoms with van der Waals surface area (Å²) in [5.74, 6) is 0. The molecule has 0 aliphatic carbocycles. The molecule has 1 aromatic carbocycles. The van der Waals surface area contributed by atoms with Crippen LogP contribution >= 0.6 is 0 Å². The van der Waals surface area contributed by atoms with Gasteiger partial charge in [0.2, 0.25) is 0 Å². The zero-order valence-corrected chi connectivity index (χ0v) is 10.4.